The topological polar surface area (TPSA) is 150 Å². The fourth-order valence-corrected chi connectivity index (χ4v) is 7.88. The van der Waals surface area contributed by atoms with Gasteiger partial charge in [0.15, 0.2) is 11.5 Å². The number of unbranched alkanes of at least 4 members (excludes halogenated alkanes) is 13. The van der Waals surface area contributed by atoms with Gasteiger partial charge in [-0.2, -0.15) is 0 Å². The normalized spacial score (nSPS) is 14.8. The number of nitrogens with two attached hydrogens (primary N) is 1. The number of carbonyl (C=O) groups is 1. The average Bonchev–Trinajstić information content (AvgIpc) is 3.47. The van der Waals surface area contributed by atoms with Crippen molar-refractivity contribution in [2.75, 3.05) is 37.0 Å². The minimum atomic E-state index is -3.80. The lowest BCUT2D eigenvalue weighted by Crippen LogP contribution is -2.20. The fourth-order valence-electron chi connectivity index (χ4n) is 4.96. The van der Waals surface area contributed by atoms with Crippen molar-refractivity contribution in [3.05, 3.63) is 12.7 Å². The summed E-state index contributed by atoms with van der Waals surface area (Å²) in [6.45, 7) is 7.64. The Morgan fingerprint density at radius 1 is 0.896 bits per heavy atom. The summed E-state index contributed by atoms with van der Waals surface area (Å²) in [4.78, 5) is 24.4. The van der Waals surface area contributed by atoms with Crippen LogP contribution in [0.15, 0.2) is 12.7 Å². The number of imidazole rings is 1. The van der Waals surface area contributed by atoms with Crippen LogP contribution in [0.4, 0.5) is 10.6 Å². The third-order valence-electron chi connectivity index (χ3n) is 8.02. The van der Waals surface area contributed by atoms with E-state index in [-0.39, 0.29) is 34.3 Å². The van der Waals surface area contributed by atoms with Crippen LogP contribution in [-0.2, 0) is 55.0 Å². The second kappa shape index (κ2) is 25.3. The number of nitrogen functional groups attached to an aromatic ring is 1. The summed E-state index contributed by atoms with van der Waals surface area (Å²) in [5, 5.41) is 0. The lowest BCUT2D eigenvalue weighted by Gasteiger charge is -2.21. The molecule has 48 heavy (non-hydrogen) atoms. The first-order valence-electron chi connectivity index (χ1n) is 17.8. The van der Waals surface area contributed by atoms with Gasteiger partial charge >= 0.3 is 13.8 Å². The van der Waals surface area contributed by atoms with Gasteiger partial charge in [-0.1, -0.05) is 109 Å². The summed E-state index contributed by atoms with van der Waals surface area (Å²) >= 11 is 5.68. The van der Waals surface area contributed by atoms with E-state index in [4.69, 9.17) is 40.2 Å². The van der Waals surface area contributed by atoms with Crippen molar-refractivity contribution >= 4 is 51.4 Å². The van der Waals surface area contributed by atoms with Gasteiger partial charge in [0, 0.05) is 5.75 Å². The van der Waals surface area contributed by atoms with Crippen molar-refractivity contribution < 1.29 is 32.6 Å². The average molecular weight is 734 g/mol. The number of nitrogens with zero attached hydrogens (tertiary/aromatic N) is 4. The van der Waals surface area contributed by atoms with E-state index in [0.29, 0.717) is 29.9 Å². The summed E-state index contributed by atoms with van der Waals surface area (Å²) in [5.74, 6) is 1.80. The molecule has 4 atom stereocenters. The highest BCUT2D eigenvalue weighted by atomic mass is 32.8. The molecule has 0 aliphatic carbocycles. The third kappa shape index (κ3) is 18.3. The Morgan fingerprint density at radius 3 is 2.15 bits per heavy atom. The van der Waals surface area contributed by atoms with Gasteiger partial charge in [-0.15, -0.1) is 9.45 Å². The molecule has 0 bridgehead atoms. The van der Waals surface area contributed by atoms with E-state index in [0.717, 1.165) is 12.2 Å². The SMILES string of the molecule is CCCCCCCCCCCCCCCCS(=S)CCO[P@](=O)(CO[C@H](C)Cn1cnc2c(N)ncnc21)OCOC(=O)OC(C)CC. The van der Waals surface area contributed by atoms with Gasteiger partial charge in [0.1, 0.15) is 24.3 Å². The highest BCUT2D eigenvalue weighted by Crippen LogP contribution is 2.48. The third-order valence-corrected chi connectivity index (χ3v) is 11.9. The molecule has 2 unspecified atom stereocenters. The molecule has 15 heteroatoms. The number of anilines is 1. The fraction of sp³-hybridized carbons (Fsp3) is 0.818. The summed E-state index contributed by atoms with van der Waals surface area (Å²) in [5.41, 5.74) is 6.95. The molecule has 0 fully saturated rings. The molecule has 0 saturated heterocycles. The molecule has 0 aromatic carbocycles. The van der Waals surface area contributed by atoms with Crippen molar-refractivity contribution in [1.29, 1.82) is 0 Å². The number of fused-ring (bicyclic) bond motifs is 1. The Labute approximate surface area is 295 Å². The van der Waals surface area contributed by atoms with E-state index < -0.39 is 26.6 Å². The zero-order chi connectivity index (χ0) is 35.0. The van der Waals surface area contributed by atoms with Crippen LogP contribution in [0.5, 0.6) is 0 Å². The quantitative estimate of drug-likeness (QED) is 0.0370. The molecule has 2 aromatic heterocycles. The molecule has 2 heterocycles. The molecule has 0 radical (unpaired) electrons. The maximum Gasteiger partial charge on any atom is 0.510 e. The van der Waals surface area contributed by atoms with Crippen molar-refractivity contribution in [3.63, 3.8) is 0 Å². The lowest BCUT2D eigenvalue weighted by molar-refractivity contribution is -0.0209. The predicted octanol–water partition coefficient (Wildman–Crippen LogP) is 8.47. The number of ether oxygens (including phenoxy) is 3. The monoisotopic (exact) mass is 733 g/mol. The molecule has 0 spiro atoms. The van der Waals surface area contributed by atoms with Gasteiger partial charge < -0.3 is 29.0 Å². The summed E-state index contributed by atoms with van der Waals surface area (Å²) in [7, 11) is -4.09. The first-order valence-corrected chi connectivity index (χ1v) is 22.0. The molecule has 2 rings (SSSR count). The van der Waals surface area contributed by atoms with Gasteiger partial charge in [-0.25, -0.2) is 19.7 Å². The smallest absolute Gasteiger partial charge is 0.431 e. The molecule has 2 aromatic rings. The van der Waals surface area contributed by atoms with Gasteiger partial charge in [0.2, 0.25) is 6.79 Å². The largest absolute Gasteiger partial charge is 0.510 e. The molecule has 0 amide bonds. The predicted molar refractivity (Wildman–Crippen MR) is 197 cm³/mol. The minimum Gasteiger partial charge on any atom is -0.431 e. The summed E-state index contributed by atoms with van der Waals surface area (Å²) in [6.07, 6.45) is 20.1. The van der Waals surface area contributed by atoms with Crippen molar-refractivity contribution in [3.8, 4) is 0 Å². The molecule has 2 N–H and O–H groups in total. The first-order chi connectivity index (χ1) is 23.2. The summed E-state index contributed by atoms with van der Waals surface area (Å²) < 4.78 is 42.5. The highest BCUT2D eigenvalue weighted by molar-refractivity contribution is 8.28. The number of rotatable bonds is 29. The standard InChI is InChI=1S/C33H60N5O7PS2/c1-5-7-8-9-10-11-12-13-14-15-16-17-18-19-21-48(47)22-20-43-46(40,44-26-41-33(39)45-28(3)6-2)27-42-29(4)23-38-25-37-30-31(34)35-24-36-32(30)38/h24-25,28-29H,5-23,26-27H2,1-4H3,(H2,34,35,36)/t28?,29-,46-,48?/m1/s1. The van der Waals surface area contributed by atoms with Crippen molar-refractivity contribution in [2.24, 2.45) is 0 Å². The number of hydrogen-bond acceptors (Lipinski definition) is 12. The van der Waals surface area contributed by atoms with Crippen LogP contribution in [0.3, 0.4) is 0 Å². The minimum absolute atomic E-state index is 0.153. The van der Waals surface area contributed by atoms with Gasteiger partial charge in [0.25, 0.3) is 0 Å². The van der Waals surface area contributed by atoms with E-state index in [1.165, 1.54) is 89.8 Å². The van der Waals surface area contributed by atoms with E-state index >= 15 is 0 Å². The van der Waals surface area contributed by atoms with Crippen molar-refractivity contribution in [2.45, 2.75) is 143 Å². The molecule has 276 valence electrons. The second-order valence-electron chi connectivity index (χ2n) is 12.3. The van der Waals surface area contributed by atoms with Crippen LogP contribution in [0, 0.1) is 0 Å². The molecule has 0 aliphatic rings. The molecule has 12 nitrogen and oxygen atoms in total. The van der Waals surface area contributed by atoms with Crippen LogP contribution in [0.25, 0.3) is 11.2 Å². The molecular formula is C33H60N5O7PS2. The molecule has 0 saturated carbocycles. The van der Waals surface area contributed by atoms with Crippen LogP contribution in [-0.4, -0.2) is 69.1 Å². The summed E-state index contributed by atoms with van der Waals surface area (Å²) in [6, 6.07) is 0. The zero-order valence-electron chi connectivity index (χ0n) is 29.6. The van der Waals surface area contributed by atoms with Crippen LogP contribution < -0.4 is 5.73 Å². The van der Waals surface area contributed by atoms with Gasteiger partial charge in [0.05, 0.1) is 25.6 Å². The van der Waals surface area contributed by atoms with Gasteiger partial charge in [-0.3, -0.25) is 9.09 Å². The van der Waals surface area contributed by atoms with Crippen LogP contribution in [0.1, 0.15) is 124 Å². The van der Waals surface area contributed by atoms with Crippen LogP contribution in [0.2, 0.25) is 0 Å². The maximum atomic E-state index is 13.6. The zero-order valence-corrected chi connectivity index (χ0v) is 32.2. The maximum absolute atomic E-state index is 13.6. The highest BCUT2D eigenvalue weighted by Gasteiger charge is 2.28. The van der Waals surface area contributed by atoms with E-state index in [1.54, 1.807) is 17.8 Å². The Morgan fingerprint density at radius 2 is 1.52 bits per heavy atom. The number of aromatic nitrogens is 4. The van der Waals surface area contributed by atoms with E-state index in [9.17, 15) is 9.36 Å². The van der Waals surface area contributed by atoms with E-state index in [2.05, 4.69) is 21.9 Å². The Bertz CT molecular complexity index is 1240. The molecular weight excluding hydrogens is 673 g/mol. The number of carbonyl (C=O) groups excluding carboxylic acids is 1. The van der Waals surface area contributed by atoms with Crippen LogP contribution >= 0.6 is 7.60 Å². The molecule has 0 aliphatic heterocycles. The first kappa shape index (κ1) is 42.5. The lowest BCUT2D eigenvalue weighted by atomic mass is 10.0. The number of hydrogen-bond donors (Lipinski definition) is 1. The Balaban J connectivity index is 1.70. The Hall–Kier alpha value is -1.70. The second-order valence-corrected chi connectivity index (χ2v) is 17.4. The van der Waals surface area contributed by atoms with E-state index in [1.807, 2.05) is 13.8 Å². The van der Waals surface area contributed by atoms with Crippen molar-refractivity contribution in [1.82, 2.24) is 19.5 Å². The van der Waals surface area contributed by atoms with Gasteiger partial charge in [-0.05, 0) is 32.4 Å². The Kier molecular flexibility index (Phi) is 22.4.